The molecule has 6 nitrogen and oxygen atoms in total. The van der Waals surface area contributed by atoms with Crippen LogP contribution in [0.3, 0.4) is 0 Å². The van der Waals surface area contributed by atoms with Gasteiger partial charge in [-0.05, 0) is 36.7 Å². The van der Waals surface area contributed by atoms with Gasteiger partial charge in [0.25, 0.3) is 5.91 Å². The van der Waals surface area contributed by atoms with Crippen LogP contribution in [0.5, 0.6) is 0 Å². The third-order valence-electron chi connectivity index (χ3n) is 6.65. The summed E-state index contributed by atoms with van der Waals surface area (Å²) in [5.41, 5.74) is 0.0398. The summed E-state index contributed by atoms with van der Waals surface area (Å²) < 4.78 is 28.2. The molecule has 2 bridgehead atoms. The molecule has 1 aromatic heterocycles. The Bertz CT molecular complexity index is 767. The molecule has 1 saturated heterocycles. The Labute approximate surface area is 130 Å². The van der Waals surface area contributed by atoms with Crippen molar-refractivity contribution in [1.29, 1.82) is 0 Å². The monoisotopic (exact) mass is 323 g/mol. The molecule has 3 fully saturated rings. The lowest BCUT2D eigenvalue weighted by Crippen LogP contribution is -2.44. The zero-order valence-corrected chi connectivity index (χ0v) is 13.9. The SMILES string of the molecule is Cn1nccc1C(=O)N1[C@@H]2C[C@H]3CC[C@]2(CS1(=O)=O)C3(C)C. The number of sulfonamides is 1. The highest BCUT2D eigenvalue weighted by molar-refractivity contribution is 7.90. The van der Waals surface area contributed by atoms with Crippen LogP contribution in [0.4, 0.5) is 0 Å². The van der Waals surface area contributed by atoms with E-state index in [9.17, 15) is 13.2 Å². The number of nitrogens with zero attached hydrogens (tertiary/aromatic N) is 3. The highest BCUT2D eigenvalue weighted by Crippen LogP contribution is 2.70. The lowest BCUT2D eigenvalue weighted by atomic mass is 9.69. The smallest absolute Gasteiger partial charge is 0.266 e. The van der Waals surface area contributed by atoms with Gasteiger partial charge in [0, 0.05) is 18.7 Å². The first-order valence-electron chi connectivity index (χ1n) is 7.75. The highest BCUT2D eigenvalue weighted by atomic mass is 32.2. The van der Waals surface area contributed by atoms with Crippen molar-refractivity contribution in [2.75, 3.05) is 5.75 Å². The summed E-state index contributed by atoms with van der Waals surface area (Å²) in [6.07, 6.45) is 4.31. The van der Waals surface area contributed by atoms with E-state index in [-0.39, 0.29) is 22.6 Å². The van der Waals surface area contributed by atoms with Crippen molar-refractivity contribution in [3.05, 3.63) is 18.0 Å². The number of carbonyl (C=O) groups is 1. The van der Waals surface area contributed by atoms with Gasteiger partial charge in [0.15, 0.2) is 0 Å². The van der Waals surface area contributed by atoms with E-state index in [0.717, 1.165) is 19.3 Å². The molecule has 22 heavy (non-hydrogen) atoms. The van der Waals surface area contributed by atoms with Crippen LogP contribution in [-0.4, -0.2) is 40.2 Å². The second-order valence-corrected chi connectivity index (χ2v) is 9.41. The van der Waals surface area contributed by atoms with Crippen molar-refractivity contribution in [1.82, 2.24) is 14.1 Å². The molecule has 2 saturated carbocycles. The van der Waals surface area contributed by atoms with Gasteiger partial charge in [0.05, 0.1) is 11.8 Å². The third kappa shape index (κ3) is 1.43. The van der Waals surface area contributed by atoms with Crippen LogP contribution >= 0.6 is 0 Å². The number of aromatic nitrogens is 2. The van der Waals surface area contributed by atoms with Crippen molar-refractivity contribution in [2.45, 2.75) is 39.2 Å². The molecule has 1 amide bonds. The van der Waals surface area contributed by atoms with E-state index in [1.54, 1.807) is 13.1 Å². The standard InChI is InChI=1S/C15H21N3O3S/c1-14(2)10-4-6-15(14)9-22(20,21)18(12(15)8-10)13(19)11-5-7-16-17(11)3/h5,7,10,12H,4,6,8-9H2,1-3H3/t10-,12-,15-/m1/s1. The normalized spacial score (nSPS) is 37.5. The maximum atomic E-state index is 12.9. The fourth-order valence-electron chi connectivity index (χ4n) is 5.25. The van der Waals surface area contributed by atoms with Gasteiger partial charge in [0.2, 0.25) is 10.0 Å². The Balaban J connectivity index is 1.82. The van der Waals surface area contributed by atoms with Crippen molar-refractivity contribution < 1.29 is 13.2 Å². The van der Waals surface area contributed by atoms with E-state index in [4.69, 9.17) is 0 Å². The van der Waals surface area contributed by atoms with Crippen LogP contribution in [0, 0.1) is 16.7 Å². The van der Waals surface area contributed by atoms with Crippen LogP contribution in [0.2, 0.25) is 0 Å². The highest BCUT2D eigenvalue weighted by Gasteiger charge is 2.72. The maximum absolute atomic E-state index is 12.9. The van der Waals surface area contributed by atoms with Gasteiger partial charge in [-0.15, -0.1) is 0 Å². The molecule has 1 aromatic rings. The molecule has 0 aromatic carbocycles. The summed E-state index contributed by atoms with van der Waals surface area (Å²) in [7, 11) is -1.90. The van der Waals surface area contributed by atoms with Gasteiger partial charge in [-0.25, -0.2) is 12.7 Å². The minimum Gasteiger partial charge on any atom is -0.266 e. The molecule has 3 atom stereocenters. The molecular formula is C15H21N3O3S. The third-order valence-corrected chi connectivity index (χ3v) is 8.55. The molecule has 2 heterocycles. The lowest BCUT2D eigenvalue weighted by molar-refractivity contribution is 0.0691. The van der Waals surface area contributed by atoms with Crippen molar-refractivity contribution in [3.8, 4) is 0 Å². The average Bonchev–Trinajstić information content (AvgIpc) is 3.06. The van der Waals surface area contributed by atoms with Crippen LogP contribution in [0.1, 0.15) is 43.6 Å². The predicted molar refractivity (Wildman–Crippen MR) is 80.5 cm³/mol. The second kappa shape index (κ2) is 3.93. The Morgan fingerprint density at radius 1 is 1.41 bits per heavy atom. The number of rotatable bonds is 1. The number of carbonyl (C=O) groups excluding carboxylic acids is 1. The maximum Gasteiger partial charge on any atom is 0.285 e. The van der Waals surface area contributed by atoms with Crippen molar-refractivity contribution in [3.63, 3.8) is 0 Å². The summed E-state index contributed by atoms with van der Waals surface area (Å²) in [6.45, 7) is 4.36. The van der Waals surface area contributed by atoms with Gasteiger partial charge in [-0.3, -0.25) is 9.48 Å². The van der Waals surface area contributed by atoms with E-state index < -0.39 is 15.9 Å². The lowest BCUT2D eigenvalue weighted by Gasteiger charge is -2.37. The van der Waals surface area contributed by atoms with Gasteiger partial charge >= 0.3 is 0 Å². The summed E-state index contributed by atoms with van der Waals surface area (Å²) in [5, 5.41) is 3.99. The van der Waals surface area contributed by atoms with Gasteiger partial charge in [-0.1, -0.05) is 13.8 Å². The largest absolute Gasteiger partial charge is 0.285 e. The van der Waals surface area contributed by atoms with Crippen molar-refractivity contribution >= 4 is 15.9 Å². The average molecular weight is 323 g/mol. The molecule has 3 aliphatic rings. The van der Waals surface area contributed by atoms with E-state index >= 15 is 0 Å². The van der Waals surface area contributed by atoms with Gasteiger partial charge < -0.3 is 0 Å². The first-order valence-corrected chi connectivity index (χ1v) is 9.36. The Hall–Kier alpha value is -1.37. The summed E-state index contributed by atoms with van der Waals surface area (Å²) >= 11 is 0. The first kappa shape index (κ1) is 14.2. The molecule has 4 rings (SSSR count). The number of hydrogen-bond acceptors (Lipinski definition) is 4. The van der Waals surface area contributed by atoms with Gasteiger partial charge in [0.1, 0.15) is 5.69 Å². The number of hydrogen-bond donors (Lipinski definition) is 0. The van der Waals surface area contributed by atoms with E-state index in [1.807, 2.05) is 0 Å². The first-order chi connectivity index (χ1) is 10.2. The predicted octanol–water partition coefficient (Wildman–Crippen LogP) is 1.40. The molecule has 0 N–H and O–H groups in total. The zero-order valence-electron chi connectivity index (χ0n) is 13.1. The molecule has 120 valence electrons. The molecule has 1 aliphatic heterocycles. The summed E-state index contributed by atoms with van der Waals surface area (Å²) in [4.78, 5) is 12.9. The Morgan fingerprint density at radius 3 is 2.73 bits per heavy atom. The summed E-state index contributed by atoms with van der Waals surface area (Å²) in [5.74, 6) is 0.192. The Morgan fingerprint density at radius 2 is 2.14 bits per heavy atom. The van der Waals surface area contributed by atoms with Crippen molar-refractivity contribution in [2.24, 2.45) is 23.8 Å². The quantitative estimate of drug-likeness (QED) is 0.783. The fraction of sp³-hybridized carbons (Fsp3) is 0.733. The van der Waals surface area contributed by atoms with Crippen LogP contribution in [-0.2, 0) is 17.1 Å². The number of aryl methyl sites for hydroxylation is 1. The number of amides is 1. The molecule has 1 spiro atoms. The fourth-order valence-corrected chi connectivity index (χ4v) is 7.77. The molecule has 2 aliphatic carbocycles. The molecular weight excluding hydrogens is 302 g/mol. The topological polar surface area (TPSA) is 72.3 Å². The van der Waals surface area contributed by atoms with E-state index in [1.165, 1.54) is 15.2 Å². The number of fused-ring (bicyclic) bond motifs is 1. The van der Waals surface area contributed by atoms with E-state index in [0.29, 0.717) is 11.6 Å². The zero-order chi connectivity index (χ0) is 15.9. The summed E-state index contributed by atoms with van der Waals surface area (Å²) in [6, 6.07) is 1.40. The van der Waals surface area contributed by atoms with Crippen LogP contribution in [0.25, 0.3) is 0 Å². The van der Waals surface area contributed by atoms with E-state index in [2.05, 4.69) is 18.9 Å². The minimum atomic E-state index is -3.56. The molecule has 0 unspecified atom stereocenters. The van der Waals surface area contributed by atoms with Crippen LogP contribution < -0.4 is 0 Å². The van der Waals surface area contributed by atoms with Gasteiger partial charge in [-0.2, -0.15) is 5.10 Å². The molecule has 7 heteroatoms. The molecule has 0 radical (unpaired) electrons. The Kier molecular flexibility index (Phi) is 2.54. The minimum absolute atomic E-state index is 0.0216. The second-order valence-electron chi connectivity index (χ2n) is 7.56. The van der Waals surface area contributed by atoms with Crippen LogP contribution in [0.15, 0.2) is 12.3 Å².